The second kappa shape index (κ2) is 3.81. The molecular formula is C12H17FN2. The summed E-state index contributed by atoms with van der Waals surface area (Å²) in [4.78, 5) is 0. The molecule has 0 aromatic heterocycles. The van der Waals surface area contributed by atoms with Crippen molar-refractivity contribution in [3.63, 3.8) is 0 Å². The first-order valence-electron chi connectivity index (χ1n) is 5.43. The zero-order valence-corrected chi connectivity index (χ0v) is 8.80. The number of nitrogens with two attached hydrogens (primary N) is 2. The average Bonchev–Trinajstić information content (AvgIpc) is 2.72. The molecule has 1 fully saturated rings. The van der Waals surface area contributed by atoms with Gasteiger partial charge in [0.25, 0.3) is 0 Å². The van der Waals surface area contributed by atoms with Crippen LogP contribution in [0.1, 0.15) is 31.2 Å². The Morgan fingerprint density at radius 2 is 1.93 bits per heavy atom. The van der Waals surface area contributed by atoms with Crippen molar-refractivity contribution in [3.8, 4) is 0 Å². The molecule has 2 nitrogen and oxygen atoms in total. The van der Waals surface area contributed by atoms with Crippen molar-refractivity contribution in [1.29, 1.82) is 0 Å². The fourth-order valence-electron chi connectivity index (χ4n) is 2.52. The van der Waals surface area contributed by atoms with Crippen LogP contribution >= 0.6 is 0 Å². The minimum absolute atomic E-state index is 0.00542. The molecule has 0 spiro atoms. The van der Waals surface area contributed by atoms with E-state index >= 15 is 0 Å². The van der Waals surface area contributed by atoms with Gasteiger partial charge in [-0.3, -0.25) is 0 Å². The Morgan fingerprint density at radius 3 is 2.47 bits per heavy atom. The van der Waals surface area contributed by atoms with E-state index in [1.54, 1.807) is 12.1 Å². The van der Waals surface area contributed by atoms with Crippen LogP contribution in [-0.4, -0.2) is 6.54 Å². The third-order valence-corrected chi connectivity index (χ3v) is 3.56. The van der Waals surface area contributed by atoms with Gasteiger partial charge in [0.15, 0.2) is 0 Å². The molecule has 0 amide bonds. The highest BCUT2D eigenvalue weighted by molar-refractivity contribution is 5.43. The molecular weight excluding hydrogens is 191 g/mol. The highest BCUT2D eigenvalue weighted by Gasteiger charge is 2.34. The van der Waals surface area contributed by atoms with Crippen LogP contribution in [0.5, 0.6) is 0 Å². The first-order chi connectivity index (χ1) is 7.18. The average molecular weight is 208 g/mol. The van der Waals surface area contributed by atoms with E-state index in [1.807, 2.05) is 6.07 Å². The summed E-state index contributed by atoms with van der Waals surface area (Å²) in [5.41, 5.74) is 12.5. The predicted octanol–water partition coefficient (Wildman–Crippen LogP) is 2.18. The monoisotopic (exact) mass is 208 g/mol. The summed E-state index contributed by atoms with van der Waals surface area (Å²) in [5, 5.41) is 0. The van der Waals surface area contributed by atoms with Crippen LogP contribution in [0, 0.1) is 5.82 Å². The Labute approximate surface area is 89.5 Å². The zero-order chi connectivity index (χ0) is 10.9. The second-order valence-electron chi connectivity index (χ2n) is 4.43. The molecule has 0 heterocycles. The predicted molar refractivity (Wildman–Crippen MR) is 60.0 cm³/mol. The minimum Gasteiger partial charge on any atom is -0.396 e. The van der Waals surface area contributed by atoms with Crippen LogP contribution < -0.4 is 11.5 Å². The van der Waals surface area contributed by atoms with Crippen LogP contribution in [0.4, 0.5) is 10.1 Å². The van der Waals surface area contributed by atoms with Gasteiger partial charge in [0.05, 0.1) is 5.69 Å². The molecule has 15 heavy (non-hydrogen) atoms. The van der Waals surface area contributed by atoms with Gasteiger partial charge >= 0.3 is 0 Å². The quantitative estimate of drug-likeness (QED) is 0.732. The fraction of sp³-hybridized carbons (Fsp3) is 0.500. The Morgan fingerprint density at radius 1 is 1.27 bits per heavy atom. The molecule has 1 aliphatic rings. The van der Waals surface area contributed by atoms with Gasteiger partial charge < -0.3 is 11.5 Å². The highest BCUT2D eigenvalue weighted by atomic mass is 19.1. The number of hydrogen-bond acceptors (Lipinski definition) is 2. The van der Waals surface area contributed by atoms with Crippen molar-refractivity contribution < 1.29 is 4.39 Å². The largest absolute Gasteiger partial charge is 0.396 e. The molecule has 0 radical (unpaired) electrons. The third-order valence-electron chi connectivity index (χ3n) is 3.56. The van der Waals surface area contributed by atoms with E-state index in [4.69, 9.17) is 11.5 Å². The van der Waals surface area contributed by atoms with E-state index in [1.165, 1.54) is 12.8 Å². The van der Waals surface area contributed by atoms with E-state index < -0.39 is 0 Å². The van der Waals surface area contributed by atoms with Crippen molar-refractivity contribution in [1.82, 2.24) is 0 Å². The van der Waals surface area contributed by atoms with Crippen molar-refractivity contribution in [2.24, 2.45) is 5.73 Å². The van der Waals surface area contributed by atoms with Crippen LogP contribution in [0.2, 0.25) is 0 Å². The molecule has 1 aliphatic carbocycles. The number of benzene rings is 1. The second-order valence-corrected chi connectivity index (χ2v) is 4.43. The van der Waals surface area contributed by atoms with Gasteiger partial charge in [-0.1, -0.05) is 18.9 Å². The Bertz CT molecular complexity index is 357. The minimum atomic E-state index is -0.327. The Balaban J connectivity index is 2.38. The number of nitrogen functional groups attached to an aromatic ring is 1. The van der Waals surface area contributed by atoms with Crippen molar-refractivity contribution in [3.05, 3.63) is 29.6 Å². The molecule has 0 unspecified atom stereocenters. The van der Waals surface area contributed by atoms with Crippen LogP contribution in [-0.2, 0) is 5.41 Å². The SMILES string of the molecule is NCC1(c2ccc(N)c(F)c2)CCCC1. The van der Waals surface area contributed by atoms with Crippen molar-refractivity contribution >= 4 is 5.69 Å². The Hall–Kier alpha value is -1.09. The van der Waals surface area contributed by atoms with Gasteiger partial charge in [-0.15, -0.1) is 0 Å². The molecule has 0 saturated heterocycles. The summed E-state index contributed by atoms with van der Waals surface area (Å²) in [6.45, 7) is 0.594. The molecule has 0 aliphatic heterocycles. The fourth-order valence-corrected chi connectivity index (χ4v) is 2.52. The Kier molecular flexibility index (Phi) is 2.65. The van der Waals surface area contributed by atoms with Gasteiger partial charge in [-0.05, 0) is 30.5 Å². The van der Waals surface area contributed by atoms with E-state index in [9.17, 15) is 4.39 Å². The van der Waals surface area contributed by atoms with E-state index in [2.05, 4.69) is 0 Å². The number of halogens is 1. The number of rotatable bonds is 2. The maximum atomic E-state index is 13.4. The molecule has 4 N–H and O–H groups in total. The first-order valence-corrected chi connectivity index (χ1v) is 5.43. The number of hydrogen-bond donors (Lipinski definition) is 2. The molecule has 1 aromatic rings. The van der Waals surface area contributed by atoms with E-state index in [0.717, 1.165) is 18.4 Å². The van der Waals surface area contributed by atoms with E-state index in [0.29, 0.717) is 6.54 Å². The molecule has 1 saturated carbocycles. The van der Waals surface area contributed by atoms with Crippen LogP contribution in [0.3, 0.4) is 0 Å². The summed E-state index contributed by atoms with van der Waals surface area (Å²) in [6.07, 6.45) is 4.49. The number of anilines is 1. The van der Waals surface area contributed by atoms with Crippen molar-refractivity contribution in [2.45, 2.75) is 31.1 Å². The maximum Gasteiger partial charge on any atom is 0.146 e. The summed E-state index contributed by atoms with van der Waals surface area (Å²) in [5.74, 6) is -0.327. The summed E-state index contributed by atoms with van der Waals surface area (Å²) in [6, 6.07) is 5.10. The summed E-state index contributed by atoms with van der Waals surface area (Å²) >= 11 is 0. The standard InChI is InChI=1S/C12H17FN2/c13-10-7-9(3-4-11(10)15)12(8-14)5-1-2-6-12/h3-4,7H,1-2,5-6,8,14-15H2. The molecule has 1 aromatic carbocycles. The van der Waals surface area contributed by atoms with Gasteiger partial charge in [0.1, 0.15) is 5.82 Å². The smallest absolute Gasteiger partial charge is 0.146 e. The molecule has 3 heteroatoms. The third kappa shape index (κ3) is 1.72. The lowest BCUT2D eigenvalue weighted by Crippen LogP contribution is -2.32. The van der Waals surface area contributed by atoms with Crippen LogP contribution in [0.25, 0.3) is 0 Å². The van der Waals surface area contributed by atoms with Gasteiger partial charge in [-0.25, -0.2) is 4.39 Å². The maximum absolute atomic E-state index is 13.4. The van der Waals surface area contributed by atoms with Gasteiger partial charge in [-0.2, -0.15) is 0 Å². The highest BCUT2D eigenvalue weighted by Crippen LogP contribution is 2.40. The lowest BCUT2D eigenvalue weighted by Gasteiger charge is -2.28. The first kappa shape index (κ1) is 10.4. The van der Waals surface area contributed by atoms with Gasteiger partial charge in [0.2, 0.25) is 0 Å². The lowest BCUT2D eigenvalue weighted by molar-refractivity contribution is 0.450. The van der Waals surface area contributed by atoms with Crippen LogP contribution in [0.15, 0.2) is 18.2 Å². The molecule has 0 bridgehead atoms. The molecule has 2 rings (SSSR count). The molecule has 82 valence electrons. The zero-order valence-electron chi connectivity index (χ0n) is 8.80. The summed E-state index contributed by atoms with van der Waals surface area (Å²) < 4.78 is 13.4. The van der Waals surface area contributed by atoms with E-state index in [-0.39, 0.29) is 16.9 Å². The lowest BCUT2D eigenvalue weighted by atomic mass is 9.79. The summed E-state index contributed by atoms with van der Waals surface area (Å²) in [7, 11) is 0. The topological polar surface area (TPSA) is 52.0 Å². The molecule has 0 atom stereocenters. The van der Waals surface area contributed by atoms with Crippen molar-refractivity contribution in [2.75, 3.05) is 12.3 Å². The normalized spacial score (nSPS) is 19.3. The van der Waals surface area contributed by atoms with Gasteiger partial charge in [0, 0.05) is 12.0 Å².